The van der Waals surface area contributed by atoms with Crippen LogP contribution in [0.15, 0.2) is 95.4 Å². The van der Waals surface area contributed by atoms with Gasteiger partial charge in [-0.25, -0.2) is 4.79 Å². The number of carbonyl (C=O) groups excluding carboxylic acids is 1. The molecule has 0 aliphatic carbocycles. The molecule has 1 aliphatic rings. The van der Waals surface area contributed by atoms with Crippen LogP contribution in [-0.2, 0) is 13.0 Å². The number of nitrogens with one attached hydrogen (secondary N) is 1. The van der Waals surface area contributed by atoms with E-state index in [0.717, 1.165) is 43.2 Å². The maximum absolute atomic E-state index is 13.1. The number of aromatic nitrogens is 1. The molecule has 236 valence electrons. The molecule has 1 amide bonds. The van der Waals surface area contributed by atoms with Gasteiger partial charge in [-0.05, 0) is 85.3 Å². The van der Waals surface area contributed by atoms with Crippen molar-refractivity contribution in [2.45, 2.75) is 13.0 Å². The standard InChI is InChI=1S/C36H37N5O5/c1-39-19-21-40(22-20-39)29-12-9-26(10-13-29)34(42)37-28-11-16-33-32(23-28)38-36(46-33)41(18-17-25-7-14-30(45-2)15-8-25)24-27-5-3-4-6-31(27)35(43)44/h3-16,23H,17-22,24H2,1-2H3,(H,37,42)(H,43,44). The number of carbonyl (C=O) groups is 2. The quantitative estimate of drug-likeness (QED) is 0.190. The van der Waals surface area contributed by atoms with Crippen LogP contribution in [0.5, 0.6) is 5.75 Å². The molecule has 1 aliphatic heterocycles. The number of fused-ring (bicyclic) bond motifs is 1. The second kappa shape index (κ2) is 13.7. The zero-order valence-corrected chi connectivity index (χ0v) is 26.0. The number of aromatic carboxylic acids is 1. The van der Waals surface area contributed by atoms with Crippen LogP contribution >= 0.6 is 0 Å². The Morgan fingerprint density at radius 1 is 0.957 bits per heavy atom. The lowest BCUT2D eigenvalue weighted by Gasteiger charge is -2.34. The second-order valence-corrected chi connectivity index (χ2v) is 11.5. The summed E-state index contributed by atoms with van der Waals surface area (Å²) in [5, 5.41) is 12.8. The third-order valence-electron chi connectivity index (χ3n) is 8.34. The third kappa shape index (κ3) is 7.13. The summed E-state index contributed by atoms with van der Waals surface area (Å²) >= 11 is 0. The Bertz CT molecular complexity index is 1810. The van der Waals surface area contributed by atoms with Gasteiger partial charge in [0.1, 0.15) is 11.3 Å². The molecule has 0 bridgehead atoms. The second-order valence-electron chi connectivity index (χ2n) is 11.5. The molecule has 0 spiro atoms. The average molecular weight is 620 g/mol. The van der Waals surface area contributed by atoms with Crippen molar-refractivity contribution in [2.75, 3.05) is 62.0 Å². The van der Waals surface area contributed by atoms with Gasteiger partial charge in [0.05, 0.1) is 12.7 Å². The number of anilines is 3. The summed E-state index contributed by atoms with van der Waals surface area (Å²) in [6, 6.07) is 28.2. The molecule has 6 rings (SSSR count). The van der Waals surface area contributed by atoms with E-state index in [9.17, 15) is 14.7 Å². The van der Waals surface area contributed by atoms with Gasteiger partial charge in [0.25, 0.3) is 11.9 Å². The SMILES string of the molecule is COc1ccc(CCN(Cc2ccccc2C(=O)O)c2nc3cc(NC(=O)c4ccc(N5CCN(C)CC5)cc4)ccc3o2)cc1. The van der Waals surface area contributed by atoms with Crippen LogP contribution in [0.4, 0.5) is 17.4 Å². The maximum atomic E-state index is 13.1. The number of rotatable bonds is 11. The predicted octanol–water partition coefficient (Wildman–Crippen LogP) is 5.79. The number of benzene rings is 4. The first kappa shape index (κ1) is 30.7. The summed E-state index contributed by atoms with van der Waals surface area (Å²) < 4.78 is 11.5. The molecular weight excluding hydrogens is 582 g/mol. The molecule has 10 nitrogen and oxygen atoms in total. The van der Waals surface area contributed by atoms with Crippen molar-refractivity contribution in [3.63, 3.8) is 0 Å². The van der Waals surface area contributed by atoms with Crippen LogP contribution in [0, 0.1) is 0 Å². The van der Waals surface area contributed by atoms with Gasteiger partial charge >= 0.3 is 5.97 Å². The Kier molecular flexibility index (Phi) is 9.16. The van der Waals surface area contributed by atoms with Gasteiger partial charge in [-0.3, -0.25) is 4.79 Å². The summed E-state index contributed by atoms with van der Waals surface area (Å²) in [4.78, 5) is 36.4. The fourth-order valence-corrected chi connectivity index (χ4v) is 5.59. The van der Waals surface area contributed by atoms with Crippen LogP contribution in [0.1, 0.15) is 31.8 Å². The number of hydrogen-bond donors (Lipinski definition) is 2. The molecule has 5 aromatic rings. The number of carboxylic acid groups (broad SMARTS) is 1. The number of amides is 1. The van der Waals surface area contributed by atoms with Gasteiger partial charge in [0, 0.05) is 56.2 Å². The van der Waals surface area contributed by atoms with E-state index in [4.69, 9.17) is 14.1 Å². The molecule has 0 saturated carbocycles. The van der Waals surface area contributed by atoms with Gasteiger partial charge in [-0.2, -0.15) is 4.98 Å². The van der Waals surface area contributed by atoms with E-state index in [2.05, 4.69) is 22.2 Å². The molecule has 46 heavy (non-hydrogen) atoms. The minimum Gasteiger partial charge on any atom is -0.497 e. The van der Waals surface area contributed by atoms with Gasteiger partial charge in [-0.15, -0.1) is 0 Å². The fraction of sp³-hybridized carbons (Fsp3) is 0.250. The lowest BCUT2D eigenvalue weighted by Crippen LogP contribution is -2.44. The monoisotopic (exact) mass is 619 g/mol. The van der Waals surface area contributed by atoms with E-state index in [1.807, 2.05) is 59.5 Å². The van der Waals surface area contributed by atoms with Crippen molar-refractivity contribution in [1.82, 2.24) is 9.88 Å². The first-order valence-electron chi connectivity index (χ1n) is 15.3. The minimum absolute atomic E-state index is 0.209. The highest BCUT2D eigenvalue weighted by Gasteiger charge is 2.20. The normalized spacial score (nSPS) is 13.5. The van der Waals surface area contributed by atoms with Crippen molar-refractivity contribution in [3.8, 4) is 5.75 Å². The molecule has 1 fully saturated rings. The zero-order valence-electron chi connectivity index (χ0n) is 26.0. The van der Waals surface area contributed by atoms with Crippen molar-refractivity contribution >= 4 is 40.4 Å². The first-order valence-corrected chi connectivity index (χ1v) is 15.3. The number of nitrogens with zero attached hydrogens (tertiary/aromatic N) is 4. The molecule has 2 N–H and O–H groups in total. The Hall–Kier alpha value is -5.35. The number of carboxylic acids is 1. The van der Waals surface area contributed by atoms with E-state index in [0.29, 0.717) is 53.4 Å². The van der Waals surface area contributed by atoms with Crippen molar-refractivity contribution in [3.05, 3.63) is 113 Å². The molecule has 0 atom stereocenters. The average Bonchev–Trinajstić information content (AvgIpc) is 3.51. The van der Waals surface area contributed by atoms with E-state index in [1.54, 1.807) is 43.5 Å². The summed E-state index contributed by atoms with van der Waals surface area (Å²) in [5.74, 6) is -0.419. The van der Waals surface area contributed by atoms with E-state index in [-0.39, 0.29) is 11.5 Å². The van der Waals surface area contributed by atoms with E-state index < -0.39 is 5.97 Å². The molecule has 0 radical (unpaired) electrons. The van der Waals surface area contributed by atoms with Crippen molar-refractivity contribution in [1.29, 1.82) is 0 Å². The van der Waals surface area contributed by atoms with Gasteiger partial charge in [-0.1, -0.05) is 30.3 Å². The smallest absolute Gasteiger partial charge is 0.336 e. The number of ether oxygens (including phenoxy) is 1. The lowest BCUT2D eigenvalue weighted by atomic mass is 10.1. The lowest BCUT2D eigenvalue weighted by molar-refractivity contribution is 0.0695. The topological polar surface area (TPSA) is 111 Å². The molecule has 1 saturated heterocycles. The summed E-state index contributed by atoms with van der Waals surface area (Å²) in [6.07, 6.45) is 0.673. The predicted molar refractivity (Wildman–Crippen MR) is 179 cm³/mol. The largest absolute Gasteiger partial charge is 0.497 e. The molecule has 1 aromatic heterocycles. The van der Waals surface area contributed by atoms with Crippen LogP contribution in [0.25, 0.3) is 11.1 Å². The van der Waals surface area contributed by atoms with E-state index in [1.165, 1.54) is 0 Å². The number of methoxy groups -OCH3 is 1. The van der Waals surface area contributed by atoms with Gasteiger partial charge in [0.15, 0.2) is 5.58 Å². The summed E-state index contributed by atoms with van der Waals surface area (Å²) in [6.45, 7) is 4.79. The Balaban J connectivity index is 1.19. The van der Waals surface area contributed by atoms with Crippen LogP contribution < -0.4 is 19.9 Å². The molecule has 10 heteroatoms. The number of oxazole rings is 1. The number of hydrogen-bond acceptors (Lipinski definition) is 8. The Morgan fingerprint density at radius 3 is 2.41 bits per heavy atom. The van der Waals surface area contributed by atoms with Crippen molar-refractivity contribution in [2.24, 2.45) is 0 Å². The Morgan fingerprint density at radius 2 is 1.70 bits per heavy atom. The third-order valence-corrected chi connectivity index (χ3v) is 8.34. The van der Waals surface area contributed by atoms with Crippen molar-refractivity contribution < 1.29 is 23.8 Å². The highest BCUT2D eigenvalue weighted by atomic mass is 16.5. The minimum atomic E-state index is -0.988. The van der Waals surface area contributed by atoms with Crippen LogP contribution in [0.3, 0.4) is 0 Å². The fourth-order valence-electron chi connectivity index (χ4n) is 5.59. The van der Waals surface area contributed by atoms with E-state index >= 15 is 0 Å². The highest BCUT2D eigenvalue weighted by Crippen LogP contribution is 2.27. The van der Waals surface area contributed by atoms with Gasteiger partial charge in [0.2, 0.25) is 0 Å². The summed E-state index contributed by atoms with van der Waals surface area (Å²) in [5.41, 5.74) is 5.40. The number of piperazine rings is 1. The molecule has 0 unspecified atom stereocenters. The molecular formula is C36H37N5O5. The summed E-state index contributed by atoms with van der Waals surface area (Å²) in [7, 11) is 3.76. The van der Waals surface area contributed by atoms with Crippen LogP contribution in [-0.4, -0.2) is 73.7 Å². The molecule has 2 heterocycles. The Labute approximate surface area is 267 Å². The van der Waals surface area contributed by atoms with Gasteiger partial charge < -0.3 is 34.3 Å². The first-order chi connectivity index (χ1) is 22.4. The highest BCUT2D eigenvalue weighted by molar-refractivity contribution is 6.05. The molecule has 4 aromatic carbocycles. The zero-order chi connectivity index (χ0) is 32.0. The number of likely N-dealkylation sites (N-methyl/N-ethyl adjacent to an activating group) is 1. The maximum Gasteiger partial charge on any atom is 0.336 e. The van der Waals surface area contributed by atoms with Crippen LogP contribution in [0.2, 0.25) is 0 Å².